The van der Waals surface area contributed by atoms with Crippen molar-refractivity contribution in [2.45, 2.75) is 230 Å². The van der Waals surface area contributed by atoms with Crippen LogP contribution in [-0.4, -0.2) is 117 Å². The Morgan fingerprint density at radius 1 is 0.384 bits per heavy atom. The second-order valence-corrected chi connectivity index (χ2v) is 16.2. The first-order chi connectivity index (χ1) is 36.1. The van der Waals surface area contributed by atoms with Crippen molar-refractivity contribution >= 4 is 80.6 Å². The molecule has 0 unspecified atom stereocenters. The van der Waals surface area contributed by atoms with Crippen LogP contribution in [0.4, 0.5) is 0 Å². The molecule has 1 aliphatic heterocycles. The molecule has 0 atom stereocenters. The van der Waals surface area contributed by atoms with Crippen LogP contribution >= 0.6 is 0 Å². The molecule has 0 spiro atoms. The zero-order valence-corrected chi connectivity index (χ0v) is 61.9. The quantitative estimate of drug-likeness (QED) is 0.126. The molecule has 0 bridgehead atoms. The summed E-state index contributed by atoms with van der Waals surface area (Å²) in [4.78, 5) is 101. The molecule has 1 aliphatic rings. The van der Waals surface area contributed by atoms with Gasteiger partial charge in [-0.25, -0.2) is 0 Å². The summed E-state index contributed by atoms with van der Waals surface area (Å²) in [5.74, 6) is 5.49. The Balaban J connectivity index is -0.0000000139. The molecule has 0 aliphatic carbocycles. The fourth-order valence-corrected chi connectivity index (χ4v) is 1.92. The van der Waals surface area contributed by atoms with Gasteiger partial charge in [-0.15, -0.1) is 0 Å². The monoisotopic (exact) mass is 1270 g/mol. The number of amides is 1. The lowest BCUT2D eigenvalue weighted by atomic mass is 10.1. The molecular formula is C61H164N12O13. The highest BCUT2D eigenvalue weighted by Crippen LogP contribution is 2.07. The van der Waals surface area contributed by atoms with Crippen molar-refractivity contribution in [3.63, 3.8) is 0 Å². The Bertz CT molecular complexity index is 821. The molecule has 25 nitrogen and oxygen atoms in total. The van der Waals surface area contributed by atoms with E-state index in [0.717, 1.165) is 55.0 Å². The lowest BCUT2D eigenvalue weighted by Crippen LogP contribution is -2.33. The van der Waals surface area contributed by atoms with Crippen molar-refractivity contribution < 1.29 is 62.6 Å². The van der Waals surface area contributed by atoms with E-state index >= 15 is 0 Å². The van der Waals surface area contributed by atoms with Crippen LogP contribution in [0, 0.1) is 35.5 Å². The van der Waals surface area contributed by atoms with Gasteiger partial charge in [0.2, 0.25) is 5.91 Å². The van der Waals surface area contributed by atoms with Crippen molar-refractivity contribution in [2.24, 2.45) is 41.2 Å². The minimum atomic E-state index is -0.167. The number of carbonyl (C=O) groups is 12. The molecule has 86 heavy (non-hydrogen) atoms. The number of carbonyl (C=O) groups excluding carboxylic acids is 12. The van der Waals surface area contributed by atoms with Gasteiger partial charge in [0.25, 0.3) is 0 Å². The topological polar surface area (TPSA) is 604 Å². The second-order valence-electron chi connectivity index (χ2n) is 16.2. The van der Waals surface area contributed by atoms with Crippen molar-refractivity contribution in [3.8, 4) is 0 Å². The van der Waals surface area contributed by atoms with Crippen molar-refractivity contribution in [3.05, 3.63) is 35.9 Å². The highest BCUT2D eigenvalue weighted by atomic mass is 16.3. The van der Waals surface area contributed by atoms with E-state index in [2.05, 4.69) is 162 Å². The molecule has 0 saturated carbocycles. The smallest absolute Gasteiger partial charge is 0.219 e. The van der Waals surface area contributed by atoms with E-state index in [4.69, 9.17) is 57.8 Å². The molecule has 1 aromatic rings. The van der Waals surface area contributed by atoms with Gasteiger partial charge in [-0.2, -0.15) is 0 Å². The predicted octanol–water partition coefficient (Wildman–Crippen LogP) is 15.8. The number of nitrogens with zero attached hydrogens (tertiary/aromatic N) is 1. The maximum atomic E-state index is 10.7. The Kier molecular flexibility index (Phi) is 692. The average Bonchev–Trinajstić information content (AvgIpc) is 3.48. The number of hydrogen-bond acceptors (Lipinski definition) is 24. The van der Waals surface area contributed by atoms with Gasteiger partial charge in [0, 0.05) is 26.1 Å². The van der Waals surface area contributed by atoms with Gasteiger partial charge >= 0.3 is 0 Å². The van der Waals surface area contributed by atoms with Crippen LogP contribution in [0.3, 0.4) is 0 Å². The van der Waals surface area contributed by atoms with Gasteiger partial charge in [0.1, 0.15) is 74.7 Å². The van der Waals surface area contributed by atoms with E-state index in [1.54, 1.807) is 20.8 Å². The second kappa shape index (κ2) is 298. The molecule has 1 fully saturated rings. The van der Waals surface area contributed by atoms with Gasteiger partial charge in [0.05, 0.1) is 0 Å². The third kappa shape index (κ3) is 669. The molecule has 0 radical (unpaired) electrons. The normalized spacial score (nSPS) is 7.21. The Morgan fingerprint density at radius 2 is 0.512 bits per heavy atom. The Morgan fingerprint density at radius 3 is 0.581 bits per heavy atom. The molecule has 1 heterocycles. The van der Waals surface area contributed by atoms with Gasteiger partial charge < -0.3 is 130 Å². The summed E-state index contributed by atoms with van der Waals surface area (Å²) >= 11 is 0. The SMILES string of the molecule is C=O.C=O.C=O.C=O.C=O.C=O.C=O.C=O.C=O.C=O.C=O.CC.CC(=O)N1CCCCC1.CC(C)C.CC(C)O.CCC(C)C.CCC(C)C.CCC(C)C.CCC(C)C.CCC(C)C.CCc1ccccc1.CN.N.N.N.N.N.N.N.N.N.N. The number of nitrogens with two attached hydrogens (primary N) is 1. The molecule has 33 N–H and O–H groups in total. The van der Waals surface area contributed by atoms with E-state index in [0.29, 0.717) is 0 Å². The zero-order chi connectivity index (χ0) is 67.1. The van der Waals surface area contributed by atoms with Crippen LogP contribution < -0.4 is 67.2 Å². The molecule has 2 rings (SSSR count). The van der Waals surface area contributed by atoms with E-state index in [1.165, 1.54) is 64.0 Å². The fraction of sp³-hybridized carbons (Fsp3) is 0.705. The van der Waals surface area contributed by atoms with E-state index in [-0.39, 0.29) is 73.5 Å². The highest BCUT2D eigenvalue weighted by Gasteiger charge is 2.11. The molecule has 1 aromatic carbocycles. The first-order valence-electron chi connectivity index (χ1n) is 25.8. The number of aryl methyl sites for hydroxylation is 1. The first kappa shape index (κ1) is 199. The molecule has 25 heteroatoms. The number of hydrogen-bond donors (Lipinski definition) is 12. The first-order valence-corrected chi connectivity index (χ1v) is 25.8. The summed E-state index contributed by atoms with van der Waals surface area (Å²) in [5.41, 5.74) is 5.91. The molecule has 546 valence electrons. The van der Waals surface area contributed by atoms with Crippen molar-refractivity contribution in [2.75, 3.05) is 20.1 Å². The minimum absolute atomic E-state index is 0. The summed E-state index contributed by atoms with van der Waals surface area (Å²) in [6, 6.07) is 10.5. The Labute approximate surface area is 535 Å². The van der Waals surface area contributed by atoms with Gasteiger partial charge in [0.15, 0.2) is 0 Å². The van der Waals surface area contributed by atoms with E-state index in [9.17, 15) is 4.79 Å². The summed E-state index contributed by atoms with van der Waals surface area (Å²) in [5, 5.41) is 8.06. The molecule has 1 saturated heterocycles. The van der Waals surface area contributed by atoms with Gasteiger partial charge in [-0.05, 0) is 87.6 Å². The highest BCUT2D eigenvalue weighted by molar-refractivity contribution is 5.73. The number of piperidine rings is 1. The average molecular weight is 1270 g/mol. The van der Waals surface area contributed by atoms with Crippen LogP contribution in [0.25, 0.3) is 0 Å². The third-order valence-corrected chi connectivity index (χ3v) is 7.13. The van der Waals surface area contributed by atoms with Crippen LogP contribution in [0.2, 0.25) is 0 Å². The van der Waals surface area contributed by atoms with Crippen molar-refractivity contribution in [1.82, 2.24) is 66.4 Å². The maximum absolute atomic E-state index is 10.7. The maximum Gasteiger partial charge on any atom is 0.219 e. The number of likely N-dealkylation sites (tertiary alicyclic amines) is 1. The number of aliphatic hydroxyl groups excluding tert-OH is 1. The summed E-state index contributed by atoms with van der Waals surface area (Å²) in [7, 11) is 1.50. The fourth-order valence-electron chi connectivity index (χ4n) is 1.92. The standard InChI is InChI=1S/C8H10.C7H13NO.5C5H12.C4H10.C3H8O.C2H6.CH5N.11CH2O.10H3N/c1-2-8-6-4-3-5-7-8;1-7(9)8-5-3-2-4-6-8;5*1-4-5(2)3;1-4(2)3;1-3(2)4;13*1-2;;;;;;;;;;/h3-7H,2H2,1H3;2-6H2,1H3;5*5H,4H2,1-3H3;4H,1-3H3;3-4H,1-2H3;1-2H3;2H2,1H3;11*1H2;10*1H3. The van der Waals surface area contributed by atoms with E-state index in [1.807, 2.05) is 99.5 Å². The Hall–Kier alpha value is -5.42. The summed E-state index contributed by atoms with van der Waals surface area (Å²) in [6.45, 7) is 74.9. The number of benzene rings is 1. The van der Waals surface area contributed by atoms with Gasteiger partial charge in [-0.3, -0.25) is 4.79 Å². The van der Waals surface area contributed by atoms with Crippen LogP contribution in [-0.2, 0) is 64.0 Å². The van der Waals surface area contributed by atoms with Crippen LogP contribution in [0.15, 0.2) is 30.3 Å². The molecule has 1 amide bonds. The minimum Gasteiger partial charge on any atom is -0.394 e. The predicted molar refractivity (Wildman–Crippen MR) is 385 cm³/mol. The summed E-state index contributed by atoms with van der Waals surface area (Å²) in [6.07, 6.45) is 11.2. The molecule has 0 aromatic heterocycles. The van der Waals surface area contributed by atoms with Gasteiger partial charge in [-0.1, -0.05) is 208 Å². The molecular weight excluding hydrogens is 1110 g/mol. The summed E-state index contributed by atoms with van der Waals surface area (Å²) < 4.78 is 0. The number of rotatable bonds is 6. The van der Waals surface area contributed by atoms with Crippen LogP contribution in [0.1, 0.15) is 223 Å². The largest absolute Gasteiger partial charge is 0.394 e. The third-order valence-electron chi connectivity index (χ3n) is 7.13. The number of aliphatic hydroxyl groups is 1. The zero-order valence-electron chi connectivity index (χ0n) is 61.9. The van der Waals surface area contributed by atoms with Crippen LogP contribution in [0.5, 0.6) is 0 Å². The lowest BCUT2D eigenvalue weighted by molar-refractivity contribution is -0.129. The lowest BCUT2D eigenvalue weighted by Gasteiger charge is -2.24. The van der Waals surface area contributed by atoms with E-state index < -0.39 is 0 Å². The van der Waals surface area contributed by atoms with Crippen molar-refractivity contribution in [1.29, 1.82) is 0 Å².